The van der Waals surface area contributed by atoms with Crippen molar-refractivity contribution in [3.63, 3.8) is 0 Å². The van der Waals surface area contributed by atoms with Crippen LogP contribution in [0.4, 0.5) is 0 Å². The molecule has 0 fully saturated rings. The minimum absolute atomic E-state index is 0. The summed E-state index contributed by atoms with van der Waals surface area (Å²) in [7, 11) is 0. The van der Waals surface area contributed by atoms with E-state index >= 15 is 0 Å². The van der Waals surface area contributed by atoms with Gasteiger partial charge in [-0.15, -0.1) is 6.07 Å². The third-order valence-electron chi connectivity index (χ3n) is 2.41. The number of aryl methyl sites for hydroxylation is 1. The number of nitrogens with zero attached hydrogens (tertiary/aromatic N) is 2. The monoisotopic (exact) mass is 378 g/mol. The van der Waals surface area contributed by atoms with Gasteiger partial charge in [-0.2, -0.15) is 29.4 Å². The molecule has 0 aliphatic heterocycles. The van der Waals surface area contributed by atoms with Gasteiger partial charge in [0.25, 0.3) is 0 Å². The zero-order chi connectivity index (χ0) is 9.97. The zero-order valence-corrected chi connectivity index (χ0v) is 11.2. The molecule has 0 atom stereocenters. The second-order valence-electron chi connectivity index (χ2n) is 3.27. The van der Waals surface area contributed by atoms with Crippen molar-refractivity contribution in [3.8, 4) is 5.69 Å². The van der Waals surface area contributed by atoms with Crippen molar-refractivity contribution in [2.75, 3.05) is 0 Å². The van der Waals surface area contributed by atoms with E-state index in [0.717, 1.165) is 12.1 Å². The standard InChI is InChI=1S/C12H13N2.Ir/c1-3-11-9-13-14(10(11)2)12-7-5-4-6-8-12;/h4-7,9H,3H2,1-2H3;/q-1;. The number of benzene rings is 1. The first-order chi connectivity index (χ1) is 6.83. The molecule has 0 aliphatic rings. The Balaban J connectivity index is 0.00000112. The van der Waals surface area contributed by atoms with E-state index in [0.29, 0.717) is 0 Å². The van der Waals surface area contributed by atoms with Gasteiger partial charge in [0, 0.05) is 25.8 Å². The maximum absolute atomic E-state index is 4.34. The van der Waals surface area contributed by atoms with Crippen molar-refractivity contribution in [3.05, 3.63) is 47.8 Å². The number of hydrogen-bond acceptors (Lipinski definition) is 1. The van der Waals surface area contributed by atoms with Crippen molar-refractivity contribution in [2.24, 2.45) is 0 Å². The zero-order valence-electron chi connectivity index (χ0n) is 8.82. The molecule has 1 heterocycles. The molecule has 81 valence electrons. The second kappa shape index (κ2) is 5.24. The first-order valence-corrected chi connectivity index (χ1v) is 4.83. The number of hydrogen-bond donors (Lipinski definition) is 0. The first kappa shape index (κ1) is 12.2. The summed E-state index contributed by atoms with van der Waals surface area (Å²) in [4.78, 5) is 0. The Kier molecular flexibility index (Phi) is 4.25. The Labute approximate surface area is 104 Å². The van der Waals surface area contributed by atoms with Crippen LogP contribution in [0.2, 0.25) is 0 Å². The SMILES string of the molecule is CCc1cnn(-c2[c-]cccc2)c1C.[Ir]. The summed E-state index contributed by atoms with van der Waals surface area (Å²) in [6, 6.07) is 11.0. The van der Waals surface area contributed by atoms with E-state index in [1.807, 2.05) is 35.1 Å². The van der Waals surface area contributed by atoms with Gasteiger partial charge in [0.2, 0.25) is 0 Å². The van der Waals surface area contributed by atoms with Gasteiger partial charge in [0.1, 0.15) is 0 Å². The van der Waals surface area contributed by atoms with Gasteiger partial charge in [0.05, 0.1) is 6.20 Å². The van der Waals surface area contributed by atoms with E-state index < -0.39 is 0 Å². The molecule has 1 aromatic heterocycles. The van der Waals surface area contributed by atoms with Gasteiger partial charge >= 0.3 is 0 Å². The van der Waals surface area contributed by atoms with Gasteiger partial charge in [0.15, 0.2) is 0 Å². The van der Waals surface area contributed by atoms with Crippen LogP contribution in [0, 0.1) is 13.0 Å². The van der Waals surface area contributed by atoms with Crippen molar-refractivity contribution in [1.29, 1.82) is 0 Å². The maximum Gasteiger partial charge on any atom is 0.0528 e. The number of para-hydroxylation sites is 1. The molecular formula is C12H13IrN2-. The van der Waals surface area contributed by atoms with Crippen LogP contribution in [0.15, 0.2) is 30.5 Å². The molecular weight excluding hydrogens is 364 g/mol. The average Bonchev–Trinajstić information content (AvgIpc) is 2.61. The number of rotatable bonds is 2. The third kappa shape index (κ3) is 2.36. The number of aromatic nitrogens is 2. The Morgan fingerprint density at radius 2 is 2.20 bits per heavy atom. The first-order valence-electron chi connectivity index (χ1n) is 4.83. The van der Waals surface area contributed by atoms with Crippen molar-refractivity contribution < 1.29 is 20.1 Å². The van der Waals surface area contributed by atoms with Crippen LogP contribution in [0.25, 0.3) is 5.69 Å². The molecule has 0 spiro atoms. The van der Waals surface area contributed by atoms with Crippen LogP contribution in [-0.2, 0) is 26.5 Å². The summed E-state index contributed by atoms with van der Waals surface area (Å²) in [5, 5.41) is 4.34. The van der Waals surface area contributed by atoms with E-state index in [-0.39, 0.29) is 20.1 Å². The molecule has 0 N–H and O–H groups in total. The van der Waals surface area contributed by atoms with Crippen LogP contribution in [0.3, 0.4) is 0 Å². The predicted octanol–water partition coefficient (Wildman–Crippen LogP) is 2.54. The maximum atomic E-state index is 4.34. The van der Waals surface area contributed by atoms with Gasteiger partial charge in [-0.05, 0) is 24.6 Å². The predicted molar refractivity (Wildman–Crippen MR) is 56.5 cm³/mol. The van der Waals surface area contributed by atoms with E-state index in [1.54, 1.807) is 0 Å². The average molecular weight is 377 g/mol. The minimum atomic E-state index is 0. The fourth-order valence-electron chi connectivity index (χ4n) is 1.55. The molecule has 3 heteroatoms. The molecule has 2 aromatic rings. The summed E-state index contributed by atoms with van der Waals surface area (Å²) in [6.45, 7) is 4.23. The summed E-state index contributed by atoms with van der Waals surface area (Å²) in [5.74, 6) is 0. The molecule has 2 rings (SSSR count). The molecule has 0 aliphatic carbocycles. The van der Waals surface area contributed by atoms with Crippen molar-refractivity contribution >= 4 is 0 Å². The summed E-state index contributed by atoms with van der Waals surface area (Å²) >= 11 is 0. The van der Waals surface area contributed by atoms with E-state index in [4.69, 9.17) is 0 Å². The fourth-order valence-corrected chi connectivity index (χ4v) is 1.55. The molecule has 0 saturated carbocycles. The molecule has 0 amide bonds. The Bertz CT molecular complexity index is 420. The van der Waals surface area contributed by atoms with E-state index in [9.17, 15) is 0 Å². The Morgan fingerprint density at radius 3 is 2.73 bits per heavy atom. The van der Waals surface area contributed by atoms with Gasteiger partial charge < -0.3 is 0 Å². The van der Waals surface area contributed by atoms with E-state index in [2.05, 4.69) is 25.0 Å². The molecule has 0 saturated heterocycles. The fraction of sp³-hybridized carbons (Fsp3) is 0.250. The van der Waals surface area contributed by atoms with Gasteiger partial charge in [-0.25, -0.2) is 0 Å². The largest absolute Gasteiger partial charge is 0.263 e. The van der Waals surface area contributed by atoms with Gasteiger partial charge in [-0.3, -0.25) is 4.68 Å². The normalized spacial score (nSPS) is 9.73. The summed E-state index contributed by atoms with van der Waals surface area (Å²) in [6.07, 6.45) is 2.95. The molecule has 2 nitrogen and oxygen atoms in total. The quantitative estimate of drug-likeness (QED) is 0.736. The Morgan fingerprint density at radius 1 is 1.40 bits per heavy atom. The van der Waals surface area contributed by atoms with Gasteiger partial charge in [-0.1, -0.05) is 6.92 Å². The summed E-state index contributed by atoms with van der Waals surface area (Å²) < 4.78 is 1.93. The van der Waals surface area contributed by atoms with Crippen LogP contribution in [0.1, 0.15) is 18.2 Å². The molecule has 15 heavy (non-hydrogen) atoms. The van der Waals surface area contributed by atoms with Crippen LogP contribution in [0.5, 0.6) is 0 Å². The summed E-state index contributed by atoms with van der Waals surface area (Å²) in [5.41, 5.74) is 3.50. The third-order valence-corrected chi connectivity index (χ3v) is 2.41. The van der Waals surface area contributed by atoms with E-state index in [1.165, 1.54) is 11.3 Å². The molecule has 1 radical (unpaired) electrons. The molecule has 0 bridgehead atoms. The van der Waals surface area contributed by atoms with Crippen molar-refractivity contribution in [1.82, 2.24) is 9.78 Å². The minimum Gasteiger partial charge on any atom is -0.263 e. The second-order valence-corrected chi connectivity index (χ2v) is 3.27. The smallest absolute Gasteiger partial charge is 0.0528 e. The van der Waals surface area contributed by atoms with Crippen LogP contribution >= 0.6 is 0 Å². The van der Waals surface area contributed by atoms with Crippen molar-refractivity contribution in [2.45, 2.75) is 20.3 Å². The van der Waals surface area contributed by atoms with Crippen LogP contribution < -0.4 is 0 Å². The van der Waals surface area contributed by atoms with Crippen LogP contribution in [-0.4, -0.2) is 9.78 Å². The molecule has 1 aromatic carbocycles. The topological polar surface area (TPSA) is 17.8 Å². The Hall–Kier alpha value is -0.921. The molecule has 0 unspecified atom stereocenters.